The van der Waals surface area contributed by atoms with E-state index in [1.165, 1.54) is 12.1 Å². The standard InChI is InChI=1S/C12H12FNS/c1-8-2-3-10(13)6-11(8)12(14)9-4-5-15-7-9/h2-7,12H,14H2,1H3/t12-/m0/s1. The molecule has 15 heavy (non-hydrogen) atoms. The SMILES string of the molecule is Cc1ccc(F)cc1[C@@H](N)c1ccsc1. The third-order valence-electron chi connectivity index (χ3n) is 2.48. The van der Waals surface area contributed by atoms with E-state index in [9.17, 15) is 4.39 Å². The van der Waals surface area contributed by atoms with Crippen LogP contribution in [0.4, 0.5) is 4.39 Å². The molecule has 1 nitrogen and oxygen atoms in total. The second-order valence-corrected chi connectivity index (χ2v) is 4.32. The van der Waals surface area contributed by atoms with Crippen LogP contribution in [0.1, 0.15) is 22.7 Å². The molecule has 0 bridgehead atoms. The van der Waals surface area contributed by atoms with E-state index < -0.39 is 0 Å². The first-order chi connectivity index (χ1) is 7.18. The Bertz CT molecular complexity index is 451. The van der Waals surface area contributed by atoms with Crippen LogP contribution in [0.5, 0.6) is 0 Å². The molecule has 0 amide bonds. The average molecular weight is 221 g/mol. The van der Waals surface area contributed by atoms with E-state index in [0.717, 1.165) is 16.7 Å². The van der Waals surface area contributed by atoms with Crippen molar-refractivity contribution in [3.63, 3.8) is 0 Å². The van der Waals surface area contributed by atoms with Gasteiger partial charge >= 0.3 is 0 Å². The second-order valence-electron chi connectivity index (χ2n) is 3.54. The van der Waals surface area contributed by atoms with Gasteiger partial charge in [-0.25, -0.2) is 4.39 Å². The van der Waals surface area contributed by atoms with Gasteiger partial charge in [0.1, 0.15) is 5.82 Å². The molecule has 1 heterocycles. The fourth-order valence-corrected chi connectivity index (χ4v) is 2.27. The fraction of sp³-hybridized carbons (Fsp3) is 0.167. The van der Waals surface area contributed by atoms with Crippen LogP contribution in [0.2, 0.25) is 0 Å². The molecule has 0 aliphatic heterocycles. The molecule has 0 fully saturated rings. The van der Waals surface area contributed by atoms with Gasteiger partial charge in [0, 0.05) is 0 Å². The van der Waals surface area contributed by atoms with E-state index in [1.54, 1.807) is 17.4 Å². The highest BCUT2D eigenvalue weighted by Gasteiger charge is 2.12. The topological polar surface area (TPSA) is 26.0 Å². The minimum absolute atomic E-state index is 0.230. The largest absolute Gasteiger partial charge is 0.320 e. The lowest BCUT2D eigenvalue weighted by Gasteiger charge is -2.13. The van der Waals surface area contributed by atoms with Gasteiger partial charge in [0.15, 0.2) is 0 Å². The van der Waals surface area contributed by atoms with Crippen molar-refractivity contribution in [2.45, 2.75) is 13.0 Å². The summed E-state index contributed by atoms with van der Waals surface area (Å²) in [7, 11) is 0. The van der Waals surface area contributed by atoms with E-state index in [-0.39, 0.29) is 11.9 Å². The van der Waals surface area contributed by atoms with Crippen LogP contribution in [0.25, 0.3) is 0 Å². The van der Waals surface area contributed by atoms with Gasteiger partial charge in [-0.15, -0.1) is 0 Å². The molecule has 3 heteroatoms. The zero-order chi connectivity index (χ0) is 10.8. The molecule has 1 aromatic heterocycles. The Morgan fingerprint density at radius 2 is 2.13 bits per heavy atom. The van der Waals surface area contributed by atoms with Gasteiger partial charge in [0.05, 0.1) is 6.04 Å². The van der Waals surface area contributed by atoms with Crippen molar-refractivity contribution >= 4 is 11.3 Å². The highest BCUT2D eigenvalue weighted by Crippen LogP contribution is 2.24. The minimum atomic E-state index is -0.235. The Morgan fingerprint density at radius 3 is 2.80 bits per heavy atom. The van der Waals surface area contributed by atoms with Crippen molar-refractivity contribution in [3.05, 3.63) is 57.5 Å². The fourth-order valence-electron chi connectivity index (χ4n) is 1.58. The Labute approximate surface area is 92.4 Å². The van der Waals surface area contributed by atoms with Crippen LogP contribution in [-0.2, 0) is 0 Å². The first kappa shape index (κ1) is 10.3. The zero-order valence-electron chi connectivity index (χ0n) is 8.41. The van der Waals surface area contributed by atoms with E-state index in [4.69, 9.17) is 5.73 Å². The van der Waals surface area contributed by atoms with Gasteiger partial charge in [-0.05, 0) is 52.6 Å². The van der Waals surface area contributed by atoms with Crippen molar-refractivity contribution in [2.75, 3.05) is 0 Å². The summed E-state index contributed by atoms with van der Waals surface area (Å²) in [6, 6.07) is 6.47. The van der Waals surface area contributed by atoms with Crippen LogP contribution < -0.4 is 5.73 Å². The predicted octanol–water partition coefficient (Wildman–Crippen LogP) is 3.24. The van der Waals surface area contributed by atoms with Gasteiger partial charge in [0.25, 0.3) is 0 Å². The maximum Gasteiger partial charge on any atom is 0.123 e. The number of rotatable bonds is 2. The van der Waals surface area contributed by atoms with Crippen LogP contribution in [-0.4, -0.2) is 0 Å². The van der Waals surface area contributed by atoms with E-state index in [1.807, 2.05) is 23.8 Å². The molecule has 0 aliphatic carbocycles. The van der Waals surface area contributed by atoms with Crippen molar-refractivity contribution in [1.82, 2.24) is 0 Å². The number of halogens is 1. The molecular formula is C12H12FNS. The highest BCUT2D eigenvalue weighted by atomic mass is 32.1. The lowest BCUT2D eigenvalue weighted by molar-refractivity contribution is 0.623. The summed E-state index contributed by atoms with van der Waals surface area (Å²) in [6.45, 7) is 1.95. The Kier molecular flexibility index (Phi) is 2.84. The van der Waals surface area contributed by atoms with Crippen LogP contribution in [0, 0.1) is 12.7 Å². The molecule has 1 atom stereocenters. The van der Waals surface area contributed by atoms with Gasteiger partial charge in [-0.2, -0.15) is 11.3 Å². The number of thiophene rings is 1. The number of nitrogens with two attached hydrogens (primary N) is 1. The Balaban J connectivity index is 2.41. The smallest absolute Gasteiger partial charge is 0.123 e. The van der Waals surface area contributed by atoms with Crippen LogP contribution >= 0.6 is 11.3 Å². The van der Waals surface area contributed by atoms with Crippen LogP contribution in [0.3, 0.4) is 0 Å². The van der Waals surface area contributed by atoms with E-state index in [2.05, 4.69) is 0 Å². The summed E-state index contributed by atoms with van der Waals surface area (Å²) in [5.41, 5.74) is 8.98. The summed E-state index contributed by atoms with van der Waals surface area (Å²) in [5, 5.41) is 3.97. The molecule has 0 spiro atoms. The lowest BCUT2D eigenvalue weighted by Crippen LogP contribution is -2.12. The van der Waals surface area contributed by atoms with Crippen LogP contribution in [0.15, 0.2) is 35.0 Å². The van der Waals surface area contributed by atoms with Crippen molar-refractivity contribution in [3.8, 4) is 0 Å². The van der Waals surface area contributed by atoms with Crippen molar-refractivity contribution < 1.29 is 4.39 Å². The lowest BCUT2D eigenvalue weighted by atomic mass is 9.98. The Morgan fingerprint density at radius 1 is 1.33 bits per heavy atom. The van der Waals surface area contributed by atoms with Gasteiger partial charge < -0.3 is 5.73 Å². The first-order valence-corrected chi connectivity index (χ1v) is 5.66. The molecule has 0 saturated heterocycles. The van der Waals surface area contributed by atoms with Gasteiger partial charge in [0.2, 0.25) is 0 Å². The zero-order valence-corrected chi connectivity index (χ0v) is 9.22. The first-order valence-electron chi connectivity index (χ1n) is 4.72. The molecule has 2 rings (SSSR count). The second kappa shape index (κ2) is 4.13. The number of hydrogen-bond acceptors (Lipinski definition) is 2. The summed E-state index contributed by atoms with van der Waals surface area (Å²) in [4.78, 5) is 0. The van der Waals surface area contributed by atoms with Gasteiger partial charge in [-0.3, -0.25) is 0 Å². The molecule has 0 radical (unpaired) electrons. The van der Waals surface area contributed by atoms with Gasteiger partial charge in [-0.1, -0.05) is 6.07 Å². The molecule has 0 unspecified atom stereocenters. The molecule has 2 aromatic rings. The molecule has 0 aliphatic rings. The monoisotopic (exact) mass is 221 g/mol. The molecule has 2 N–H and O–H groups in total. The quantitative estimate of drug-likeness (QED) is 0.827. The summed E-state index contributed by atoms with van der Waals surface area (Å²) < 4.78 is 13.1. The minimum Gasteiger partial charge on any atom is -0.320 e. The number of hydrogen-bond donors (Lipinski definition) is 1. The van der Waals surface area contributed by atoms with Crippen molar-refractivity contribution in [2.24, 2.45) is 5.73 Å². The maximum absolute atomic E-state index is 13.1. The summed E-state index contributed by atoms with van der Waals surface area (Å²) >= 11 is 1.60. The third-order valence-corrected chi connectivity index (χ3v) is 3.18. The average Bonchev–Trinajstić information content (AvgIpc) is 2.74. The molecule has 78 valence electrons. The predicted molar refractivity (Wildman–Crippen MR) is 61.5 cm³/mol. The molecule has 0 saturated carbocycles. The Hall–Kier alpha value is -1.19. The summed E-state index contributed by atoms with van der Waals surface area (Å²) in [5.74, 6) is -0.235. The maximum atomic E-state index is 13.1. The van der Waals surface area contributed by atoms with Crippen molar-refractivity contribution in [1.29, 1.82) is 0 Å². The molecule has 1 aromatic carbocycles. The number of aryl methyl sites for hydroxylation is 1. The highest BCUT2D eigenvalue weighted by molar-refractivity contribution is 7.08. The summed E-state index contributed by atoms with van der Waals surface area (Å²) in [6.07, 6.45) is 0. The molecular weight excluding hydrogens is 209 g/mol. The van der Waals surface area contributed by atoms with E-state index in [0.29, 0.717) is 0 Å². The number of benzene rings is 1. The van der Waals surface area contributed by atoms with E-state index >= 15 is 0 Å². The normalized spacial score (nSPS) is 12.7. The third kappa shape index (κ3) is 2.08.